The van der Waals surface area contributed by atoms with Crippen LogP contribution >= 0.6 is 0 Å². The zero-order valence-corrected chi connectivity index (χ0v) is 10.4. The first kappa shape index (κ1) is 12.7. The van der Waals surface area contributed by atoms with E-state index in [9.17, 15) is 4.79 Å². The molecule has 0 heterocycles. The summed E-state index contributed by atoms with van der Waals surface area (Å²) in [6.45, 7) is 7.75. The number of hydrogen-bond donors (Lipinski definition) is 2. The second-order valence-corrected chi connectivity index (χ2v) is 4.44. The van der Waals surface area contributed by atoms with Gasteiger partial charge in [0.25, 0.3) is 0 Å². The molecule has 1 amide bonds. The Morgan fingerprint density at radius 3 is 2.38 bits per heavy atom. The van der Waals surface area contributed by atoms with E-state index in [0.717, 1.165) is 5.69 Å². The third-order valence-corrected chi connectivity index (χ3v) is 2.98. The summed E-state index contributed by atoms with van der Waals surface area (Å²) in [6.07, 6.45) is 0. The van der Waals surface area contributed by atoms with Gasteiger partial charge in [0.2, 0.25) is 5.91 Å². The smallest absolute Gasteiger partial charge is 0.228 e. The summed E-state index contributed by atoms with van der Waals surface area (Å²) in [5.41, 5.74) is 8.91. The van der Waals surface area contributed by atoms with E-state index in [1.165, 1.54) is 11.1 Å². The van der Waals surface area contributed by atoms with Crippen LogP contribution in [0.5, 0.6) is 0 Å². The van der Waals surface area contributed by atoms with Gasteiger partial charge in [-0.25, -0.2) is 0 Å². The van der Waals surface area contributed by atoms with Crippen LogP contribution in [0.3, 0.4) is 0 Å². The lowest BCUT2D eigenvalue weighted by molar-refractivity contribution is -0.119. The molecular formula is C13H20N2O. The summed E-state index contributed by atoms with van der Waals surface area (Å²) in [4.78, 5) is 11.8. The summed E-state index contributed by atoms with van der Waals surface area (Å²) in [5, 5.41) is 2.87. The van der Waals surface area contributed by atoms with Crippen LogP contribution in [0.25, 0.3) is 0 Å². The van der Waals surface area contributed by atoms with Gasteiger partial charge in [-0.3, -0.25) is 4.79 Å². The average Bonchev–Trinajstić information content (AvgIpc) is 2.22. The Labute approximate surface area is 97.0 Å². The number of anilines is 1. The third kappa shape index (κ3) is 3.07. The van der Waals surface area contributed by atoms with Crippen LogP contribution in [0, 0.1) is 19.8 Å². The molecule has 0 aliphatic rings. The van der Waals surface area contributed by atoms with Gasteiger partial charge in [0.05, 0.1) is 5.92 Å². The van der Waals surface area contributed by atoms with E-state index in [1.54, 1.807) is 0 Å². The van der Waals surface area contributed by atoms with Gasteiger partial charge < -0.3 is 11.1 Å². The van der Waals surface area contributed by atoms with Crippen LogP contribution in [0.15, 0.2) is 18.2 Å². The molecule has 0 aromatic heterocycles. The number of rotatable bonds is 3. The molecule has 0 aliphatic heterocycles. The Kier molecular flexibility index (Phi) is 4.07. The summed E-state index contributed by atoms with van der Waals surface area (Å²) in [5.74, 6) is -0.208. The molecule has 3 nitrogen and oxygen atoms in total. The minimum atomic E-state index is -0.179. The van der Waals surface area contributed by atoms with Crippen LogP contribution in [0.1, 0.15) is 25.0 Å². The maximum atomic E-state index is 11.8. The zero-order chi connectivity index (χ0) is 12.3. The lowest BCUT2D eigenvalue weighted by Gasteiger charge is -2.15. The predicted molar refractivity (Wildman–Crippen MR) is 67.4 cm³/mol. The SMILES string of the molecule is Cc1ccc(NC(=O)C(C)C(C)N)cc1C. The van der Waals surface area contributed by atoms with Gasteiger partial charge in [-0.2, -0.15) is 0 Å². The molecule has 0 aliphatic carbocycles. The van der Waals surface area contributed by atoms with Crippen molar-refractivity contribution in [1.82, 2.24) is 0 Å². The first-order valence-corrected chi connectivity index (χ1v) is 5.55. The number of amides is 1. The van der Waals surface area contributed by atoms with Crippen molar-refractivity contribution in [3.05, 3.63) is 29.3 Å². The van der Waals surface area contributed by atoms with E-state index in [-0.39, 0.29) is 17.9 Å². The summed E-state index contributed by atoms with van der Waals surface area (Å²) in [6, 6.07) is 5.75. The molecule has 3 heteroatoms. The van der Waals surface area contributed by atoms with Crippen LogP contribution < -0.4 is 11.1 Å². The molecule has 0 bridgehead atoms. The number of hydrogen-bond acceptors (Lipinski definition) is 2. The monoisotopic (exact) mass is 220 g/mol. The van der Waals surface area contributed by atoms with Gasteiger partial charge in [0.1, 0.15) is 0 Å². The quantitative estimate of drug-likeness (QED) is 0.820. The highest BCUT2D eigenvalue weighted by molar-refractivity contribution is 5.92. The molecule has 0 radical (unpaired) electrons. The van der Waals surface area contributed by atoms with E-state index in [0.29, 0.717) is 0 Å². The average molecular weight is 220 g/mol. The lowest BCUT2D eigenvalue weighted by Crippen LogP contribution is -2.34. The molecular weight excluding hydrogens is 200 g/mol. The first-order chi connectivity index (χ1) is 7.41. The van der Waals surface area contributed by atoms with E-state index in [2.05, 4.69) is 5.32 Å². The molecule has 88 valence electrons. The Bertz CT molecular complexity index is 386. The van der Waals surface area contributed by atoms with Crippen molar-refractivity contribution in [2.45, 2.75) is 33.7 Å². The molecule has 16 heavy (non-hydrogen) atoms. The molecule has 2 unspecified atom stereocenters. The van der Waals surface area contributed by atoms with Gasteiger partial charge in [-0.15, -0.1) is 0 Å². The fourth-order valence-electron chi connectivity index (χ4n) is 1.31. The number of aryl methyl sites for hydroxylation is 2. The fraction of sp³-hybridized carbons (Fsp3) is 0.462. The summed E-state index contributed by atoms with van der Waals surface area (Å²) >= 11 is 0. The molecule has 2 atom stereocenters. The maximum absolute atomic E-state index is 11.8. The van der Waals surface area contributed by atoms with Crippen molar-refractivity contribution in [2.24, 2.45) is 11.7 Å². The van der Waals surface area contributed by atoms with Crippen molar-refractivity contribution >= 4 is 11.6 Å². The van der Waals surface area contributed by atoms with Crippen LogP contribution in [-0.2, 0) is 4.79 Å². The molecule has 0 saturated carbocycles. The molecule has 1 aromatic rings. The van der Waals surface area contributed by atoms with E-state index >= 15 is 0 Å². The second-order valence-electron chi connectivity index (χ2n) is 4.44. The number of carbonyl (C=O) groups is 1. The first-order valence-electron chi connectivity index (χ1n) is 5.55. The van der Waals surface area contributed by atoms with Gasteiger partial charge in [-0.1, -0.05) is 13.0 Å². The standard InChI is InChI=1S/C13H20N2O/c1-8-5-6-12(7-9(8)2)15-13(16)10(3)11(4)14/h5-7,10-11H,14H2,1-4H3,(H,15,16). The van der Waals surface area contributed by atoms with E-state index < -0.39 is 0 Å². The van der Waals surface area contributed by atoms with Crippen molar-refractivity contribution in [3.8, 4) is 0 Å². The topological polar surface area (TPSA) is 55.1 Å². The van der Waals surface area contributed by atoms with E-state index in [1.807, 2.05) is 45.9 Å². The van der Waals surface area contributed by atoms with Crippen LogP contribution in [0.4, 0.5) is 5.69 Å². The van der Waals surface area contributed by atoms with E-state index in [4.69, 9.17) is 5.73 Å². The van der Waals surface area contributed by atoms with Gasteiger partial charge in [-0.05, 0) is 44.0 Å². The number of nitrogens with two attached hydrogens (primary N) is 1. The van der Waals surface area contributed by atoms with Gasteiger partial charge in [0, 0.05) is 11.7 Å². The Morgan fingerprint density at radius 2 is 1.88 bits per heavy atom. The van der Waals surface area contributed by atoms with Gasteiger partial charge >= 0.3 is 0 Å². The van der Waals surface area contributed by atoms with Crippen molar-refractivity contribution in [3.63, 3.8) is 0 Å². The Balaban J connectivity index is 2.74. The number of benzene rings is 1. The number of nitrogens with one attached hydrogen (secondary N) is 1. The maximum Gasteiger partial charge on any atom is 0.228 e. The summed E-state index contributed by atoms with van der Waals surface area (Å²) in [7, 11) is 0. The van der Waals surface area contributed by atoms with Crippen molar-refractivity contribution in [1.29, 1.82) is 0 Å². The highest BCUT2D eigenvalue weighted by atomic mass is 16.1. The highest BCUT2D eigenvalue weighted by Crippen LogP contribution is 2.15. The number of carbonyl (C=O) groups excluding carboxylic acids is 1. The molecule has 3 N–H and O–H groups in total. The highest BCUT2D eigenvalue weighted by Gasteiger charge is 2.16. The molecule has 1 aromatic carbocycles. The Hall–Kier alpha value is -1.35. The predicted octanol–water partition coefficient (Wildman–Crippen LogP) is 2.23. The largest absolute Gasteiger partial charge is 0.327 e. The fourth-order valence-corrected chi connectivity index (χ4v) is 1.31. The normalized spacial score (nSPS) is 14.3. The summed E-state index contributed by atoms with van der Waals surface area (Å²) < 4.78 is 0. The minimum Gasteiger partial charge on any atom is -0.327 e. The Morgan fingerprint density at radius 1 is 1.25 bits per heavy atom. The minimum absolute atomic E-state index is 0.0294. The van der Waals surface area contributed by atoms with Gasteiger partial charge in [0.15, 0.2) is 0 Å². The molecule has 0 saturated heterocycles. The molecule has 0 spiro atoms. The lowest BCUT2D eigenvalue weighted by atomic mass is 10.0. The van der Waals surface area contributed by atoms with Crippen LogP contribution in [-0.4, -0.2) is 11.9 Å². The second kappa shape index (κ2) is 5.12. The zero-order valence-electron chi connectivity index (χ0n) is 10.4. The molecule has 1 rings (SSSR count). The molecule has 0 fully saturated rings. The van der Waals surface area contributed by atoms with Crippen molar-refractivity contribution in [2.75, 3.05) is 5.32 Å². The third-order valence-electron chi connectivity index (χ3n) is 2.98. The van der Waals surface area contributed by atoms with Crippen LogP contribution in [0.2, 0.25) is 0 Å². The van der Waals surface area contributed by atoms with Crippen molar-refractivity contribution < 1.29 is 4.79 Å².